The molecule has 4 nitrogen and oxygen atoms in total. The predicted octanol–water partition coefficient (Wildman–Crippen LogP) is 4.84. The van der Waals surface area contributed by atoms with Gasteiger partial charge in [-0.25, -0.2) is 9.37 Å². The zero-order chi connectivity index (χ0) is 15.7. The fourth-order valence-electron chi connectivity index (χ4n) is 1.57. The summed E-state index contributed by atoms with van der Waals surface area (Å²) in [6.45, 7) is 5.65. The van der Waals surface area contributed by atoms with Crippen molar-refractivity contribution < 1.29 is 9.13 Å². The Balaban J connectivity index is 2.46. The zero-order valence-electron chi connectivity index (χ0n) is 11.7. The van der Waals surface area contributed by atoms with E-state index in [1.807, 2.05) is 13.8 Å². The smallest absolute Gasteiger partial charge is 0.227 e. The van der Waals surface area contributed by atoms with Crippen LogP contribution < -0.4 is 10.5 Å². The number of aromatic nitrogens is 2. The molecule has 0 saturated heterocycles. The van der Waals surface area contributed by atoms with Crippen LogP contribution in [0.5, 0.6) is 11.6 Å². The van der Waals surface area contributed by atoms with Crippen molar-refractivity contribution in [2.75, 3.05) is 5.73 Å². The minimum atomic E-state index is -0.571. The molecule has 2 aromatic rings. The van der Waals surface area contributed by atoms with E-state index in [1.54, 1.807) is 6.92 Å². The number of anilines is 1. The number of ether oxygens (including phenoxy) is 1. The molecule has 0 fully saturated rings. The Morgan fingerprint density at radius 2 is 2.00 bits per heavy atom. The molecule has 0 bridgehead atoms. The normalized spacial score (nSPS) is 11.0. The first-order chi connectivity index (χ1) is 9.79. The quantitative estimate of drug-likeness (QED) is 0.781. The van der Waals surface area contributed by atoms with E-state index in [1.165, 1.54) is 12.1 Å². The SMILES string of the molecule is Cc1c(N)nc(C(C)C)nc1Oc1cc(F)c(Cl)cc1Br. The maximum atomic E-state index is 13.6. The number of benzene rings is 1. The van der Waals surface area contributed by atoms with E-state index in [2.05, 4.69) is 25.9 Å². The summed E-state index contributed by atoms with van der Waals surface area (Å²) in [4.78, 5) is 8.54. The largest absolute Gasteiger partial charge is 0.437 e. The summed E-state index contributed by atoms with van der Waals surface area (Å²) < 4.78 is 19.8. The van der Waals surface area contributed by atoms with Gasteiger partial charge in [-0.05, 0) is 28.9 Å². The van der Waals surface area contributed by atoms with Gasteiger partial charge in [-0.1, -0.05) is 25.4 Å². The van der Waals surface area contributed by atoms with Crippen LogP contribution in [0.25, 0.3) is 0 Å². The van der Waals surface area contributed by atoms with Crippen LogP contribution in [0.3, 0.4) is 0 Å². The molecule has 7 heteroatoms. The van der Waals surface area contributed by atoms with Crippen LogP contribution in [0.2, 0.25) is 5.02 Å². The minimum absolute atomic E-state index is 0.0102. The highest BCUT2D eigenvalue weighted by atomic mass is 79.9. The van der Waals surface area contributed by atoms with Gasteiger partial charge in [0.25, 0.3) is 0 Å². The van der Waals surface area contributed by atoms with Gasteiger partial charge in [0.15, 0.2) is 0 Å². The van der Waals surface area contributed by atoms with Gasteiger partial charge in [-0.2, -0.15) is 4.98 Å². The molecule has 0 aliphatic carbocycles. The molecule has 0 radical (unpaired) electrons. The molecule has 0 aliphatic rings. The molecule has 0 amide bonds. The Morgan fingerprint density at radius 1 is 1.33 bits per heavy atom. The summed E-state index contributed by atoms with van der Waals surface area (Å²) in [7, 11) is 0. The van der Waals surface area contributed by atoms with E-state index in [4.69, 9.17) is 22.1 Å². The van der Waals surface area contributed by atoms with E-state index in [9.17, 15) is 4.39 Å². The summed E-state index contributed by atoms with van der Waals surface area (Å²) >= 11 is 8.98. The lowest BCUT2D eigenvalue weighted by Crippen LogP contribution is -2.06. The van der Waals surface area contributed by atoms with Crippen molar-refractivity contribution in [2.24, 2.45) is 0 Å². The van der Waals surface area contributed by atoms with Gasteiger partial charge in [-0.3, -0.25) is 0 Å². The molecule has 2 rings (SSSR count). The zero-order valence-corrected chi connectivity index (χ0v) is 14.1. The summed E-state index contributed by atoms with van der Waals surface area (Å²) in [6, 6.07) is 2.62. The second-order valence-corrected chi connectivity index (χ2v) is 6.11. The van der Waals surface area contributed by atoms with Crippen molar-refractivity contribution in [1.29, 1.82) is 0 Å². The molecule has 2 N–H and O–H groups in total. The van der Waals surface area contributed by atoms with Gasteiger partial charge in [0.1, 0.15) is 23.2 Å². The van der Waals surface area contributed by atoms with Crippen LogP contribution in [0.1, 0.15) is 31.2 Å². The molecule has 1 aromatic carbocycles. The number of hydrogen-bond acceptors (Lipinski definition) is 4. The Bertz CT molecular complexity index is 694. The predicted molar refractivity (Wildman–Crippen MR) is 84.5 cm³/mol. The molecule has 112 valence electrons. The minimum Gasteiger partial charge on any atom is -0.437 e. The first-order valence-corrected chi connectivity index (χ1v) is 7.43. The van der Waals surface area contributed by atoms with Crippen molar-refractivity contribution in [3.05, 3.63) is 38.8 Å². The van der Waals surface area contributed by atoms with Crippen molar-refractivity contribution in [2.45, 2.75) is 26.7 Å². The first kappa shape index (κ1) is 16.0. The van der Waals surface area contributed by atoms with Gasteiger partial charge in [0, 0.05) is 12.0 Å². The lowest BCUT2D eigenvalue weighted by Gasteiger charge is -2.13. The van der Waals surface area contributed by atoms with Gasteiger partial charge in [0.05, 0.1) is 15.1 Å². The average molecular weight is 375 g/mol. The Labute approximate surface area is 135 Å². The number of nitrogens with two attached hydrogens (primary N) is 1. The van der Waals surface area contributed by atoms with Crippen molar-refractivity contribution in [3.63, 3.8) is 0 Å². The van der Waals surface area contributed by atoms with Crippen LogP contribution in [-0.4, -0.2) is 9.97 Å². The fourth-order valence-corrected chi connectivity index (χ4v) is 2.29. The van der Waals surface area contributed by atoms with Gasteiger partial charge in [0.2, 0.25) is 5.88 Å². The van der Waals surface area contributed by atoms with Crippen LogP contribution in [0.15, 0.2) is 16.6 Å². The number of nitrogen functional groups attached to an aromatic ring is 1. The second-order valence-electron chi connectivity index (χ2n) is 4.85. The standard InChI is InChI=1S/C14H14BrClFN3O/c1-6(2)13-19-12(18)7(3)14(20-13)21-11-5-10(17)9(16)4-8(11)15/h4-6H,1-3H3,(H2,18,19,20). The topological polar surface area (TPSA) is 61.0 Å². The van der Waals surface area contributed by atoms with E-state index in [-0.39, 0.29) is 16.7 Å². The molecule has 0 atom stereocenters. The highest BCUT2D eigenvalue weighted by molar-refractivity contribution is 9.10. The first-order valence-electron chi connectivity index (χ1n) is 6.26. The van der Waals surface area contributed by atoms with E-state index < -0.39 is 5.82 Å². The Hall–Kier alpha value is -1.40. The molecule has 21 heavy (non-hydrogen) atoms. The number of nitrogens with zero attached hydrogens (tertiary/aromatic N) is 2. The van der Waals surface area contributed by atoms with Gasteiger partial charge >= 0.3 is 0 Å². The molecular formula is C14H14BrClFN3O. The Kier molecular flexibility index (Phi) is 4.68. The van der Waals surface area contributed by atoms with Crippen molar-refractivity contribution in [3.8, 4) is 11.6 Å². The highest BCUT2D eigenvalue weighted by Crippen LogP contribution is 2.35. The molecule has 0 saturated carbocycles. The number of halogens is 3. The fraction of sp³-hybridized carbons (Fsp3) is 0.286. The van der Waals surface area contributed by atoms with Crippen LogP contribution in [0.4, 0.5) is 10.2 Å². The van der Waals surface area contributed by atoms with Gasteiger partial charge < -0.3 is 10.5 Å². The monoisotopic (exact) mass is 373 g/mol. The molecule has 0 spiro atoms. The van der Waals surface area contributed by atoms with Gasteiger partial charge in [-0.15, -0.1) is 0 Å². The summed E-state index contributed by atoms with van der Waals surface area (Å²) in [5.74, 6) is 1.01. The lowest BCUT2D eigenvalue weighted by molar-refractivity contribution is 0.446. The van der Waals surface area contributed by atoms with Crippen molar-refractivity contribution in [1.82, 2.24) is 9.97 Å². The van der Waals surface area contributed by atoms with Crippen LogP contribution in [-0.2, 0) is 0 Å². The molecule has 0 unspecified atom stereocenters. The van der Waals surface area contributed by atoms with E-state index >= 15 is 0 Å². The van der Waals surface area contributed by atoms with E-state index in [0.717, 1.165) is 0 Å². The second kappa shape index (κ2) is 6.15. The maximum Gasteiger partial charge on any atom is 0.227 e. The summed E-state index contributed by atoms with van der Waals surface area (Å²) in [5.41, 5.74) is 6.47. The number of hydrogen-bond donors (Lipinski definition) is 1. The van der Waals surface area contributed by atoms with E-state index in [0.29, 0.717) is 27.6 Å². The third kappa shape index (κ3) is 3.44. The molecular weight excluding hydrogens is 361 g/mol. The Morgan fingerprint density at radius 3 is 2.62 bits per heavy atom. The van der Waals surface area contributed by atoms with Crippen molar-refractivity contribution >= 4 is 33.3 Å². The average Bonchev–Trinajstić information content (AvgIpc) is 2.40. The van der Waals surface area contributed by atoms with Crippen LogP contribution in [0, 0.1) is 12.7 Å². The highest BCUT2D eigenvalue weighted by Gasteiger charge is 2.15. The molecule has 1 heterocycles. The summed E-state index contributed by atoms with van der Waals surface area (Å²) in [5, 5.41) is 0.0102. The lowest BCUT2D eigenvalue weighted by atomic mass is 10.2. The number of rotatable bonds is 3. The molecule has 1 aromatic heterocycles. The van der Waals surface area contributed by atoms with Crippen LogP contribution >= 0.6 is 27.5 Å². The molecule has 0 aliphatic heterocycles. The summed E-state index contributed by atoms with van der Waals surface area (Å²) in [6.07, 6.45) is 0. The third-order valence-corrected chi connectivity index (χ3v) is 3.76. The third-order valence-electron chi connectivity index (χ3n) is 2.85. The maximum absolute atomic E-state index is 13.6.